The number of nitrogens with one attached hydrogen (secondary N) is 2. The predicted molar refractivity (Wildman–Crippen MR) is 124 cm³/mol. The van der Waals surface area contributed by atoms with Crippen LogP contribution in [0.25, 0.3) is 10.3 Å². The highest BCUT2D eigenvalue weighted by Crippen LogP contribution is 2.31. The normalized spacial score (nSPS) is 14.4. The molecular formula is C20H22N6O4S2. The third kappa shape index (κ3) is 4.71. The number of imide groups is 1. The Bertz CT molecular complexity index is 1150. The van der Waals surface area contributed by atoms with Gasteiger partial charge in [0.15, 0.2) is 5.01 Å². The van der Waals surface area contributed by atoms with Gasteiger partial charge in [-0.05, 0) is 31.5 Å². The Hall–Kier alpha value is -3.09. The van der Waals surface area contributed by atoms with Gasteiger partial charge < -0.3 is 19.9 Å². The largest absolute Gasteiger partial charge is 0.450 e. The molecule has 3 amide bonds. The van der Waals surface area contributed by atoms with Gasteiger partial charge in [0, 0.05) is 32.4 Å². The minimum Gasteiger partial charge on any atom is -0.450 e. The number of fused-ring (bicyclic) bond motifs is 1. The molecule has 0 atom stereocenters. The summed E-state index contributed by atoms with van der Waals surface area (Å²) in [6.45, 7) is 5.45. The molecule has 2 N–H and O–H groups in total. The molecular weight excluding hydrogens is 452 g/mol. The summed E-state index contributed by atoms with van der Waals surface area (Å²) in [6.07, 6.45) is 0.891. The monoisotopic (exact) mass is 474 g/mol. The molecule has 1 fully saturated rings. The Kier molecular flexibility index (Phi) is 6.63. The average Bonchev–Trinajstić information content (AvgIpc) is 3.41. The molecule has 12 heteroatoms. The van der Waals surface area contributed by atoms with E-state index in [4.69, 9.17) is 4.74 Å². The van der Waals surface area contributed by atoms with E-state index in [2.05, 4.69) is 37.4 Å². The zero-order valence-electron chi connectivity index (χ0n) is 17.6. The second-order valence-electron chi connectivity index (χ2n) is 7.09. The van der Waals surface area contributed by atoms with E-state index in [1.165, 1.54) is 28.7 Å². The lowest BCUT2D eigenvalue weighted by Gasteiger charge is -2.33. The number of piperazine rings is 1. The average molecular weight is 475 g/mol. The summed E-state index contributed by atoms with van der Waals surface area (Å²) in [6, 6.07) is 3.45. The van der Waals surface area contributed by atoms with E-state index in [1.807, 2.05) is 6.07 Å². The molecule has 32 heavy (non-hydrogen) atoms. The number of thiophene rings is 1. The smallest absolute Gasteiger partial charge is 0.414 e. The number of thiazole rings is 1. The van der Waals surface area contributed by atoms with E-state index >= 15 is 0 Å². The van der Waals surface area contributed by atoms with E-state index in [-0.39, 0.29) is 17.2 Å². The molecule has 3 aromatic rings. The molecule has 10 nitrogen and oxygen atoms in total. The number of likely N-dealkylation sites (N-methyl/N-ethyl adjacent to an activating group) is 1. The van der Waals surface area contributed by atoms with E-state index in [0.717, 1.165) is 31.9 Å². The SMILES string of the molecule is CCOC(=O)NC(=O)c1ccsc1NC(=O)c1nc2c(N3CCN(C)CC3)ccnc2s1. The molecule has 168 valence electrons. The number of aromatic nitrogens is 2. The van der Waals surface area contributed by atoms with E-state index < -0.39 is 17.9 Å². The van der Waals surface area contributed by atoms with Crippen LogP contribution in [0.3, 0.4) is 0 Å². The first-order valence-corrected chi connectivity index (χ1v) is 11.7. The lowest BCUT2D eigenvalue weighted by molar-refractivity contribution is 0.0926. The van der Waals surface area contributed by atoms with Crippen molar-refractivity contribution in [2.75, 3.05) is 50.1 Å². The van der Waals surface area contributed by atoms with Crippen LogP contribution >= 0.6 is 22.7 Å². The molecule has 0 bridgehead atoms. The van der Waals surface area contributed by atoms with E-state index in [0.29, 0.717) is 15.3 Å². The highest BCUT2D eigenvalue weighted by Gasteiger charge is 2.23. The molecule has 0 saturated carbocycles. The summed E-state index contributed by atoms with van der Waals surface area (Å²) in [5.74, 6) is -1.09. The summed E-state index contributed by atoms with van der Waals surface area (Å²) in [5.41, 5.74) is 1.83. The van der Waals surface area contributed by atoms with Crippen molar-refractivity contribution in [2.45, 2.75) is 6.92 Å². The van der Waals surface area contributed by atoms with Crippen molar-refractivity contribution < 1.29 is 19.1 Å². The quantitative estimate of drug-likeness (QED) is 0.580. The Morgan fingerprint density at radius 2 is 1.94 bits per heavy atom. The fraction of sp³-hybridized carbons (Fsp3) is 0.350. The van der Waals surface area contributed by atoms with Crippen molar-refractivity contribution in [1.82, 2.24) is 20.2 Å². The number of rotatable bonds is 5. The van der Waals surface area contributed by atoms with Crippen LogP contribution in [0.2, 0.25) is 0 Å². The Balaban J connectivity index is 1.52. The number of alkyl carbamates (subject to hydrolysis) is 1. The predicted octanol–water partition coefficient (Wildman–Crippen LogP) is 2.64. The molecule has 0 spiro atoms. The van der Waals surface area contributed by atoms with Gasteiger partial charge in [0.1, 0.15) is 15.3 Å². The maximum Gasteiger partial charge on any atom is 0.414 e. The molecule has 0 radical (unpaired) electrons. The maximum atomic E-state index is 12.9. The number of ether oxygens (including phenoxy) is 1. The molecule has 4 rings (SSSR count). The number of hydrogen-bond donors (Lipinski definition) is 2. The highest BCUT2D eigenvalue weighted by molar-refractivity contribution is 7.20. The molecule has 0 aromatic carbocycles. The van der Waals surface area contributed by atoms with Crippen LogP contribution in [0.1, 0.15) is 27.1 Å². The highest BCUT2D eigenvalue weighted by atomic mass is 32.1. The topological polar surface area (TPSA) is 117 Å². The van der Waals surface area contributed by atoms with Crippen LogP contribution < -0.4 is 15.5 Å². The number of carbonyl (C=O) groups is 3. The van der Waals surface area contributed by atoms with Gasteiger partial charge in [0.05, 0.1) is 17.9 Å². The standard InChI is InChI=1S/C20H22N6O4S2/c1-3-30-20(29)24-15(27)12-5-11-31-17(12)23-16(28)19-22-14-13(4-6-21-18(14)32-19)26-9-7-25(2)8-10-26/h4-6,11H,3,7-10H2,1-2H3,(H,23,28)(H,24,27,29). The first kappa shape index (κ1) is 22.1. The maximum absolute atomic E-state index is 12.9. The van der Waals surface area contributed by atoms with Gasteiger partial charge in [0.25, 0.3) is 11.8 Å². The van der Waals surface area contributed by atoms with E-state index in [1.54, 1.807) is 18.5 Å². The molecule has 1 saturated heterocycles. The molecule has 1 aliphatic rings. The number of carbonyl (C=O) groups excluding carboxylic acids is 3. The number of pyridine rings is 1. The fourth-order valence-electron chi connectivity index (χ4n) is 3.29. The minimum atomic E-state index is -0.838. The summed E-state index contributed by atoms with van der Waals surface area (Å²) in [5, 5.41) is 7.08. The van der Waals surface area contributed by atoms with Crippen LogP contribution in [0.15, 0.2) is 23.7 Å². The van der Waals surface area contributed by atoms with Crippen LogP contribution in [0.5, 0.6) is 0 Å². The number of anilines is 2. The van der Waals surface area contributed by atoms with Gasteiger partial charge in [-0.2, -0.15) is 0 Å². The van der Waals surface area contributed by atoms with Crippen LogP contribution in [0.4, 0.5) is 15.5 Å². The van der Waals surface area contributed by atoms with Gasteiger partial charge in [-0.25, -0.2) is 14.8 Å². The Morgan fingerprint density at radius 3 is 2.69 bits per heavy atom. The Morgan fingerprint density at radius 1 is 1.16 bits per heavy atom. The van der Waals surface area contributed by atoms with Crippen LogP contribution in [-0.2, 0) is 4.74 Å². The first-order valence-electron chi connectivity index (χ1n) is 10.0. The second-order valence-corrected chi connectivity index (χ2v) is 8.98. The lowest BCUT2D eigenvalue weighted by atomic mass is 10.2. The van der Waals surface area contributed by atoms with Gasteiger partial charge >= 0.3 is 6.09 Å². The third-order valence-corrected chi connectivity index (χ3v) is 6.73. The summed E-state index contributed by atoms with van der Waals surface area (Å²) < 4.78 is 4.72. The summed E-state index contributed by atoms with van der Waals surface area (Å²) >= 11 is 2.37. The van der Waals surface area contributed by atoms with E-state index in [9.17, 15) is 14.4 Å². The number of nitrogens with zero attached hydrogens (tertiary/aromatic N) is 4. The molecule has 4 heterocycles. The number of amides is 3. The van der Waals surface area contributed by atoms with Crippen molar-refractivity contribution in [3.05, 3.63) is 34.3 Å². The van der Waals surface area contributed by atoms with Gasteiger partial charge in [-0.1, -0.05) is 11.3 Å². The van der Waals surface area contributed by atoms with Crippen molar-refractivity contribution in [1.29, 1.82) is 0 Å². The van der Waals surface area contributed by atoms with Crippen molar-refractivity contribution in [3.63, 3.8) is 0 Å². The molecule has 0 aliphatic carbocycles. The second kappa shape index (κ2) is 9.59. The van der Waals surface area contributed by atoms with Crippen molar-refractivity contribution in [3.8, 4) is 0 Å². The fourth-order valence-corrected chi connectivity index (χ4v) is 4.89. The minimum absolute atomic E-state index is 0.147. The molecule has 0 unspecified atom stereocenters. The lowest BCUT2D eigenvalue weighted by Crippen LogP contribution is -2.44. The van der Waals surface area contributed by atoms with Crippen molar-refractivity contribution in [2.24, 2.45) is 0 Å². The Labute approximate surface area is 192 Å². The molecule has 3 aromatic heterocycles. The summed E-state index contributed by atoms with van der Waals surface area (Å²) in [4.78, 5) is 50.9. The van der Waals surface area contributed by atoms with Crippen LogP contribution in [-0.4, -0.2) is 72.6 Å². The first-order chi connectivity index (χ1) is 15.5. The van der Waals surface area contributed by atoms with Crippen LogP contribution in [0, 0.1) is 0 Å². The zero-order chi connectivity index (χ0) is 22.7. The zero-order valence-corrected chi connectivity index (χ0v) is 19.2. The number of hydrogen-bond acceptors (Lipinski definition) is 10. The molecule has 1 aliphatic heterocycles. The van der Waals surface area contributed by atoms with Gasteiger partial charge in [0.2, 0.25) is 0 Å². The summed E-state index contributed by atoms with van der Waals surface area (Å²) in [7, 11) is 2.09. The van der Waals surface area contributed by atoms with Gasteiger partial charge in [-0.15, -0.1) is 11.3 Å². The third-order valence-electron chi connectivity index (χ3n) is 4.94. The van der Waals surface area contributed by atoms with Gasteiger partial charge in [-0.3, -0.25) is 14.9 Å². The van der Waals surface area contributed by atoms with Crippen molar-refractivity contribution >= 4 is 61.6 Å².